The van der Waals surface area contributed by atoms with E-state index in [0.717, 1.165) is 0 Å². The summed E-state index contributed by atoms with van der Waals surface area (Å²) in [5, 5.41) is 2.88. The molecule has 20 heavy (non-hydrogen) atoms. The van der Waals surface area contributed by atoms with E-state index in [4.69, 9.17) is 14.2 Å². The van der Waals surface area contributed by atoms with Gasteiger partial charge in [-0.2, -0.15) is 0 Å². The van der Waals surface area contributed by atoms with Gasteiger partial charge < -0.3 is 24.4 Å². The van der Waals surface area contributed by atoms with Crippen molar-refractivity contribution in [3.63, 3.8) is 0 Å². The average molecular weight is 278 g/mol. The second-order valence-corrected chi connectivity index (χ2v) is 4.92. The van der Waals surface area contributed by atoms with Crippen molar-refractivity contribution in [1.82, 2.24) is 4.90 Å². The van der Waals surface area contributed by atoms with E-state index in [1.807, 2.05) is 19.1 Å². The topological polar surface area (TPSA) is 60.0 Å². The first kappa shape index (κ1) is 13.1. The maximum absolute atomic E-state index is 12.2. The van der Waals surface area contributed by atoms with Crippen LogP contribution < -0.4 is 14.8 Å². The van der Waals surface area contributed by atoms with Crippen LogP contribution in [0.4, 0.5) is 10.5 Å². The zero-order valence-corrected chi connectivity index (χ0v) is 11.4. The first-order valence-electron chi connectivity index (χ1n) is 6.79. The number of benzene rings is 1. The molecule has 1 fully saturated rings. The summed E-state index contributed by atoms with van der Waals surface area (Å²) in [4.78, 5) is 13.9. The van der Waals surface area contributed by atoms with Crippen molar-refractivity contribution in [3.05, 3.63) is 18.2 Å². The third-order valence-electron chi connectivity index (χ3n) is 3.32. The second kappa shape index (κ2) is 5.58. The molecule has 1 atom stereocenters. The smallest absolute Gasteiger partial charge is 0.322 e. The maximum atomic E-state index is 12.2. The minimum atomic E-state index is -0.114. The Morgan fingerprint density at radius 1 is 1.25 bits per heavy atom. The zero-order chi connectivity index (χ0) is 13.9. The van der Waals surface area contributed by atoms with Crippen molar-refractivity contribution in [2.24, 2.45) is 0 Å². The SMILES string of the molecule is CC1CN(C(=O)Nc2ccc3c(c2)OCCO3)CCO1. The summed E-state index contributed by atoms with van der Waals surface area (Å²) >= 11 is 0. The van der Waals surface area contributed by atoms with Crippen LogP contribution in [0.15, 0.2) is 18.2 Å². The number of carbonyl (C=O) groups excluding carboxylic acids is 1. The van der Waals surface area contributed by atoms with Crippen molar-refractivity contribution in [1.29, 1.82) is 0 Å². The molecule has 1 saturated heterocycles. The van der Waals surface area contributed by atoms with Gasteiger partial charge in [0.2, 0.25) is 0 Å². The molecule has 2 aliphatic heterocycles. The van der Waals surface area contributed by atoms with Gasteiger partial charge in [0.05, 0.1) is 12.7 Å². The fraction of sp³-hybridized carbons (Fsp3) is 0.500. The van der Waals surface area contributed by atoms with E-state index in [-0.39, 0.29) is 12.1 Å². The van der Waals surface area contributed by atoms with Crippen LogP contribution in [0, 0.1) is 0 Å². The first-order valence-corrected chi connectivity index (χ1v) is 6.79. The van der Waals surface area contributed by atoms with Gasteiger partial charge in [0, 0.05) is 24.8 Å². The van der Waals surface area contributed by atoms with Crippen molar-refractivity contribution in [2.75, 3.05) is 38.2 Å². The number of urea groups is 1. The van der Waals surface area contributed by atoms with Crippen molar-refractivity contribution in [3.8, 4) is 11.5 Å². The van der Waals surface area contributed by atoms with E-state index in [9.17, 15) is 4.79 Å². The predicted octanol–water partition coefficient (Wildman–Crippen LogP) is 1.71. The molecule has 1 unspecified atom stereocenters. The van der Waals surface area contributed by atoms with Gasteiger partial charge in [0.15, 0.2) is 11.5 Å². The number of hydrogen-bond donors (Lipinski definition) is 1. The van der Waals surface area contributed by atoms with Crippen LogP contribution in [0.1, 0.15) is 6.92 Å². The number of anilines is 1. The lowest BCUT2D eigenvalue weighted by atomic mass is 10.2. The molecule has 1 aromatic rings. The number of morpholine rings is 1. The van der Waals surface area contributed by atoms with Gasteiger partial charge in [-0.25, -0.2) is 4.79 Å². The van der Waals surface area contributed by atoms with Crippen molar-refractivity contribution < 1.29 is 19.0 Å². The van der Waals surface area contributed by atoms with Gasteiger partial charge in [-0.1, -0.05) is 0 Å². The Bertz CT molecular complexity index is 506. The molecule has 0 saturated carbocycles. The molecule has 2 aliphatic rings. The summed E-state index contributed by atoms with van der Waals surface area (Å²) in [5.74, 6) is 1.39. The van der Waals surface area contributed by atoms with Gasteiger partial charge in [-0.3, -0.25) is 0 Å². The minimum absolute atomic E-state index is 0.0785. The molecule has 0 aromatic heterocycles. The Kier molecular flexibility index (Phi) is 3.64. The standard InChI is InChI=1S/C14H18N2O4/c1-10-9-16(4-5-18-10)14(17)15-11-2-3-12-13(8-11)20-7-6-19-12/h2-3,8,10H,4-7,9H2,1H3,(H,15,17). The maximum Gasteiger partial charge on any atom is 0.322 e. The molecule has 108 valence electrons. The van der Waals surface area contributed by atoms with E-state index in [2.05, 4.69) is 5.32 Å². The predicted molar refractivity (Wildman–Crippen MR) is 73.4 cm³/mol. The molecular formula is C14H18N2O4. The summed E-state index contributed by atoms with van der Waals surface area (Å²) in [6, 6.07) is 5.30. The number of ether oxygens (including phenoxy) is 3. The Morgan fingerprint density at radius 2 is 2.05 bits per heavy atom. The van der Waals surface area contributed by atoms with Crippen LogP contribution in [-0.4, -0.2) is 49.9 Å². The van der Waals surface area contributed by atoms with Crippen LogP contribution >= 0.6 is 0 Å². The summed E-state index contributed by atoms with van der Waals surface area (Å²) in [6.07, 6.45) is 0.0785. The minimum Gasteiger partial charge on any atom is -0.486 e. The van der Waals surface area contributed by atoms with Crippen LogP contribution in [-0.2, 0) is 4.74 Å². The lowest BCUT2D eigenvalue weighted by Gasteiger charge is -2.31. The number of carbonyl (C=O) groups is 1. The van der Waals surface area contributed by atoms with Crippen LogP contribution in [0.25, 0.3) is 0 Å². The monoisotopic (exact) mass is 278 g/mol. The number of fused-ring (bicyclic) bond motifs is 1. The molecule has 0 spiro atoms. The molecule has 6 heteroatoms. The van der Waals surface area contributed by atoms with E-state index in [1.54, 1.807) is 11.0 Å². The van der Waals surface area contributed by atoms with Gasteiger partial charge in [-0.05, 0) is 19.1 Å². The van der Waals surface area contributed by atoms with E-state index >= 15 is 0 Å². The summed E-state index contributed by atoms with van der Waals surface area (Å²) < 4.78 is 16.4. The molecule has 1 aromatic carbocycles. The number of nitrogens with one attached hydrogen (secondary N) is 1. The Labute approximate surface area is 117 Å². The van der Waals surface area contributed by atoms with Gasteiger partial charge in [0.1, 0.15) is 13.2 Å². The fourth-order valence-corrected chi connectivity index (χ4v) is 2.33. The molecule has 6 nitrogen and oxygen atoms in total. The largest absolute Gasteiger partial charge is 0.486 e. The van der Waals surface area contributed by atoms with Crippen LogP contribution in [0.3, 0.4) is 0 Å². The van der Waals surface area contributed by atoms with E-state index in [0.29, 0.717) is 50.1 Å². The van der Waals surface area contributed by atoms with E-state index in [1.165, 1.54) is 0 Å². The van der Waals surface area contributed by atoms with Crippen LogP contribution in [0.5, 0.6) is 11.5 Å². The van der Waals surface area contributed by atoms with Gasteiger partial charge in [0.25, 0.3) is 0 Å². The lowest BCUT2D eigenvalue weighted by Crippen LogP contribution is -2.46. The molecule has 1 N–H and O–H groups in total. The number of amides is 2. The third kappa shape index (κ3) is 2.80. The Balaban J connectivity index is 1.66. The van der Waals surface area contributed by atoms with Gasteiger partial charge >= 0.3 is 6.03 Å². The summed E-state index contributed by atoms with van der Waals surface area (Å²) in [5.41, 5.74) is 0.707. The molecule has 2 heterocycles. The number of nitrogens with zero attached hydrogens (tertiary/aromatic N) is 1. The van der Waals surface area contributed by atoms with Crippen LogP contribution in [0.2, 0.25) is 0 Å². The normalized spacial score (nSPS) is 21.4. The van der Waals surface area contributed by atoms with E-state index < -0.39 is 0 Å². The summed E-state index contributed by atoms with van der Waals surface area (Å²) in [6.45, 7) is 4.85. The highest BCUT2D eigenvalue weighted by atomic mass is 16.6. The first-order chi connectivity index (χ1) is 9.72. The second-order valence-electron chi connectivity index (χ2n) is 4.92. The molecule has 0 aliphatic carbocycles. The number of rotatable bonds is 1. The lowest BCUT2D eigenvalue weighted by molar-refractivity contribution is -0.00138. The number of hydrogen-bond acceptors (Lipinski definition) is 4. The molecule has 0 bridgehead atoms. The third-order valence-corrected chi connectivity index (χ3v) is 3.32. The molecule has 3 rings (SSSR count). The highest BCUT2D eigenvalue weighted by Gasteiger charge is 2.21. The molecular weight excluding hydrogens is 260 g/mol. The Hall–Kier alpha value is -1.95. The molecule has 0 radical (unpaired) electrons. The zero-order valence-electron chi connectivity index (χ0n) is 11.4. The summed E-state index contributed by atoms with van der Waals surface area (Å²) in [7, 11) is 0. The fourth-order valence-electron chi connectivity index (χ4n) is 2.33. The van der Waals surface area contributed by atoms with Crippen molar-refractivity contribution >= 4 is 11.7 Å². The highest BCUT2D eigenvalue weighted by Crippen LogP contribution is 2.32. The van der Waals surface area contributed by atoms with Gasteiger partial charge in [-0.15, -0.1) is 0 Å². The quantitative estimate of drug-likeness (QED) is 0.849. The highest BCUT2D eigenvalue weighted by molar-refractivity contribution is 5.89. The Morgan fingerprint density at radius 3 is 2.85 bits per heavy atom. The van der Waals surface area contributed by atoms with Crippen molar-refractivity contribution in [2.45, 2.75) is 13.0 Å². The molecule has 2 amide bonds. The average Bonchev–Trinajstić information content (AvgIpc) is 2.47.